The zero-order valence-electron chi connectivity index (χ0n) is 13.7. The molecule has 0 radical (unpaired) electrons. The van der Waals surface area contributed by atoms with Crippen LogP contribution in [0.15, 0.2) is 48.5 Å². The topological polar surface area (TPSA) is 76.7 Å². The number of ketones is 1. The van der Waals surface area contributed by atoms with Crippen molar-refractivity contribution in [2.45, 2.75) is 0 Å². The lowest BCUT2D eigenvalue weighted by Crippen LogP contribution is -2.19. The Kier molecular flexibility index (Phi) is 6.19. The van der Waals surface area contributed by atoms with Gasteiger partial charge >= 0.3 is 5.97 Å². The van der Waals surface area contributed by atoms with Gasteiger partial charge in [-0.1, -0.05) is 12.1 Å². The highest BCUT2D eigenvalue weighted by Crippen LogP contribution is 2.17. The zero-order valence-corrected chi connectivity index (χ0v) is 13.7. The van der Waals surface area contributed by atoms with Crippen LogP contribution in [0.25, 0.3) is 0 Å². The van der Waals surface area contributed by atoms with Crippen molar-refractivity contribution >= 4 is 23.1 Å². The molecule has 0 bridgehead atoms. The van der Waals surface area contributed by atoms with E-state index < -0.39 is 5.97 Å². The Labute approximate surface area is 140 Å². The third-order valence-electron chi connectivity index (χ3n) is 3.42. The number of anilines is 2. The summed E-state index contributed by atoms with van der Waals surface area (Å²) in [6.07, 6.45) is 0. The van der Waals surface area contributed by atoms with Gasteiger partial charge in [0.2, 0.25) is 0 Å². The minimum absolute atomic E-state index is 0.00665. The van der Waals surface area contributed by atoms with Gasteiger partial charge in [-0.25, -0.2) is 0 Å². The third kappa shape index (κ3) is 4.74. The number of Topliss-reactive ketones (excluding diaryl/α,β-unsaturated/α-hetero) is 1. The van der Waals surface area contributed by atoms with E-state index in [1.165, 1.54) is 7.11 Å². The molecular formula is C18H20N2O4. The Balaban J connectivity index is 1.99. The Bertz CT molecular complexity index is 698. The van der Waals surface area contributed by atoms with Gasteiger partial charge in [0.25, 0.3) is 0 Å². The summed E-state index contributed by atoms with van der Waals surface area (Å²) in [6, 6.07) is 14.4. The molecule has 6 heteroatoms. The Morgan fingerprint density at radius 1 is 0.917 bits per heavy atom. The Morgan fingerprint density at radius 2 is 1.62 bits per heavy atom. The molecule has 2 aromatic carbocycles. The first-order valence-corrected chi connectivity index (χ1v) is 7.45. The van der Waals surface area contributed by atoms with Crippen LogP contribution >= 0.6 is 0 Å². The van der Waals surface area contributed by atoms with Gasteiger partial charge < -0.3 is 20.1 Å². The second-order valence-corrected chi connectivity index (χ2v) is 4.98. The minimum atomic E-state index is -0.395. The fraction of sp³-hybridized carbons (Fsp3) is 0.222. The summed E-state index contributed by atoms with van der Waals surface area (Å²) < 4.78 is 9.68. The highest BCUT2D eigenvalue weighted by Gasteiger charge is 2.11. The molecule has 0 fully saturated rings. The molecule has 2 aromatic rings. The van der Waals surface area contributed by atoms with Crippen molar-refractivity contribution in [1.82, 2.24) is 0 Å². The Hall–Kier alpha value is -3.02. The summed E-state index contributed by atoms with van der Waals surface area (Å²) in [5.74, 6) is 0.275. The van der Waals surface area contributed by atoms with Crippen molar-refractivity contribution in [3.8, 4) is 5.75 Å². The van der Waals surface area contributed by atoms with Crippen LogP contribution in [-0.2, 0) is 9.53 Å². The molecule has 2 N–H and O–H groups in total. The normalized spacial score (nSPS) is 9.92. The molecule has 0 saturated heterocycles. The van der Waals surface area contributed by atoms with Gasteiger partial charge in [-0.3, -0.25) is 9.59 Å². The van der Waals surface area contributed by atoms with Crippen molar-refractivity contribution in [3.05, 3.63) is 54.1 Å². The van der Waals surface area contributed by atoms with Crippen molar-refractivity contribution in [2.24, 2.45) is 0 Å². The van der Waals surface area contributed by atoms with Gasteiger partial charge in [0, 0.05) is 16.9 Å². The lowest BCUT2D eigenvalue weighted by Gasteiger charge is -2.11. The molecule has 0 atom stereocenters. The standard InChI is InChI=1S/C18H20N2O4/c1-23-14-9-7-13(8-10-14)19-11-17(21)15-5-3-4-6-16(15)20-12-18(22)24-2/h3-10,19-20H,11-12H2,1-2H3. The van der Waals surface area contributed by atoms with Crippen LogP contribution in [0.5, 0.6) is 5.75 Å². The van der Waals surface area contributed by atoms with Crippen molar-refractivity contribution in [2.75, 3.05) is 37.9 Å². The molecule has 24 heavy (non-hydrogen) atoms. The van der Waals surface area contributed by atoms with Gasteiger partial charge in [-0.05, 0) is 36.4 Å². The summed E-state index contributed by atoms with van der Waals surface area (Å²) in [5.41, 5.74) is 1.94. The monoisotopic (exact) mass is 328 g/mol. The predicted octanol–water partition coefficient (Wildman–Crippen LogP) is 2.57. The lowest BCUT2D eigenvalue weighted by molar-refractivity contribution is -0.138. The van der Waals surface area contributed by atoms with E-state index in [9.17, 15) is 9.59 Å². The van der Waals surface area contributed by atoms with E-state index in [1.807, 2.05) is 24.3 Å². The summed E-state index contributed by atoms with van der Waals surface area (Å²) in [5, 5.41) is 5.99. The van der Waals surface area contributed by atoms with Gasteiger partial charge in [0.1, 0.15) is 12.3 Å². The summed E-state index contributed by atoms with van der Waals surface area (Å²) in [6.45, 7) is 0.149. The van der Waals surface area contributed by atoms with Crippen LogP contribution in [0.3, 0.4) is 0 Å². The number of hydrogen-bond acceptors (Lipinski definition) is 6. The molecule has 0 aliphatic heterocycles. The van der Waals surface area contributed by atoms with Gasteiger partial charge in [0.05, 0.1) is 20.8 Å². The highest BCUT2D eigenvalue weighted by molar-refractivity contribution is 6.03. The molecule has 0 amide bonds. The van der Waals surface area contributed by atoms with E-state index in [2.05, 4.69) is 15.4 Å². The molecule has 0 heterocycles. The number of esters is 1. The molecule has 0 spiro atoms. The molecule has 2 rings (SSSR count). The molecule has 0 unspecified atom stereocenters. The zero-order chi connectivity index (χ0) is 17.4. The van der Waals surface area contributed by atoms with Crippen molar-refractivity contribution in [1.29, 1.82) is 0 Å². The maximum absolute atomic E-state index is 12.4. The van der Waals surface area contributed by atoms with Gasteiger partial charge in [-0.2, -0.15) is 0 Å². The molecule has 0 aromatic heterocycles. The quantitative estimate of drug-likeness (QED) is 0.573. The first kappa shape index (κ1) is 17.3. The summed E-state index contributed by atoms with van der Waals surface area (Å²) in [4.78, 5) is 23.7. The minimum Gasteiger partial charge on any atom is -0.497 e. The van der Waals surface area contributed by atoms with Crippen LogP contribution in [0.2, 0.25) is 0 Å². The number of ether oxygens (including phenoxy) is 2. The average Bonchev–Trinajstić information content (AvgIpc) is 2.64. The lowest BCUT2D eigenvalue weighted by atomic mass is 10.1. The van der Waals surface area contributed by atoms with Crippen LogP contribution < -0.4 is 15.4 Å². The number of benzene rings is 2. The smallest absolute Gasteiger partial charge is 0.325 e. The fourth-order valence-corrected chi connectivity index (χ4v) is 2.11. The number of methoxy groups -OCH3 is 2. The van der Waals surface area contributed by atoms with E-state index in [0.717, 1.165) is 11.4 Å². The fourth-order valence-electron chi connectivity index (χ4n) is 2.11. The highest BCUT2D eigenvalue weighted by atomic mass is 16.5. The van der Waals surface area contributed by atoms with Crippen molar-refractivity contribution < 1.29 is 19.1 Å². The van der Waals surface area contributed by atoms with E-state index in [4.69, 9.17) is 4.74 Å². The second-order valence-electron chi connectivity index (χ2n) is 4.98. The number of hydrogen-bond donors (Lipinski definition) is 2. The predicted molar refractivity (Wildman–Crippen MR) is 92.8 cm³/mol. The number of carbonyl (C=O) groups is 2. The van der Waals surface area contributed by atoms with Crippen LogP contribution in [0, 0.1) is 0 Å². The number of nitrogens with one attached hydrogen (secondary N) is 2. The van der Waals surface area contributed by atoms with Crippen LogP contribution in [-0.4, -0.2) is 39.1 Å². The first-order valence-electron chi connectivity index (χ1n) is 7.45. The summed E-state index contributed by atoms with van der Waals surface area (Å²) in [7, 11) is 2.92. The second kappa shape index (κ2) is 8.57. The molecule has 6 nitrogen and oxygen atoms in total. The molecule has 0 aliphatic carbocycles. The van der Waals surface area contributed by atoms with E-state index >= 15 is 0 Å². The molecule has 0 aliphatic rings. The number of rotatable bonds is 8. The molecule has 126 valence electrons. The SMILES string of the molecule is COC(=O)CNc1ccccc1C(=O)CNc1ccc(OC)cc1. The maximum Gasteiger partial charge on any atom is 0.325 e. The van der Waals surface area contributed by atoms with E-state index in [-0.39, 0.29) is 18.9 Å². The van der Waals surface area contributed by atoms with Crippen molar-refractivity contribution in [3.63, 3.8) is 0 Å². The largest absolute Gasteiger partial charge is 0.497 e. The average molecular weight is 328 g/mol. The first-order chi connectivity index (χ1) is 11.6. The van der Waals surface area contributed by atoms with Crippen LogP contribution in [0.4, 0.5) is 11.4 Å². The van der Waals surface area contributed by atoms with Gasteiger partial charge in [-0.15, -0.1) is 0 Å². The van der Waals surface area contributed by atoms with Gasteiger partial charge in [0.15, 0.2) is 5.78 Å². The number of para-hydroxylation sites is 1. The van der Waals surface area contributed by atoms with Crippen LogP contribution in [0.1, 0.15) is 10.4 Å². The van der Waals surface area contributed by atoms with E-state index in [1.54, 1.807) is 31.4 Å². The van der Waals surface area contributed by atoms with E-state index in [0.29, 0.717) is 11.3 Å². The maximum atomic E-state index is 12.4. The third-order valence-corrected chi connectivity index (χ3v) is 3.42. The number of carbonyl (C=O) groups excluding carboxylic acids is 2. The Morgan fingerprint density at radius 3 is 2.29 bits per heavy atom. The molecule has 0 saturated carbocycles. The summed E-state index contributed by atoms with van der Waals surface area (Å²) >= 11 is 0. The molecular weight excluding hydrogens is 308 g/mol.